The summed E-state index contributed by atoms with van der Waals surface area (Å²) >= 11 is 0. The van der Waals surface area contributed by atoms with E-state index < -0.39 is 15.8 Å². The van der Waals surface area contributed by atoms with Crippen LogP contribution >= 0.6 is 0 Å². The Morgan fingerprint density at radius 3 is 2.68 bits per heavy atom. The molecule has 0 aromatic heterocycles. The summed E-state index contributed by atoms with van der Waals surface area (Å²) in [5.74, 6) is -0.453. The molecule has 0 atom stereocenters. The van der Waals surface area contributed by atoms with E-state index in [2.05, 4.69) is 4.72 Å². The molecule has 132 valence electrons. The fourth-order valence-electron chi connectivity index (χ4n) is 2.87. The van der Waals surface area contributed by atoms with Gasteiger partial charge in [-0.05, 0) is 54.8 Å². The lowest BCUT2D eigenvalue weighted by molar-refractivity contribution is -0.118. The third-order valence-corrected chi connectivity index (χ3v) is 5.66. The van der Waals surface area contributed by atoms with E-state index in [0.717, 1.165) is 17.3 Å². The van der Waals surface area contributed by atoms with E-state index in [0.29, 0.717) is 24.9 Å². The van der Waals surface area contributed by atoms with Gasteiger partial charge in [-0.2, -0.15) is 0 Å². The Labute approximate surface area is 146 Å². The summed E-state index contributed by atoms with van der Waals surface area (Å²) in [4.78, 5) is 13.7. The molecule has 1 heterocycles. The minimum atomic E-state index is -3.83. The zero-order chi connectivity index (χ0) is 18.2. The second kappa shape index (κ2) is 6.48. The highest BCUT2D eigenvalue weighted by Gasteiger charge is 2.25. The normalized spacial score (nSPS) is 13.6. The highest BCUT2D eigenvalue weighted by atomic mass is 32.2. The summed E-state index contributed by atoms with van der Waals surface area (Å²) in [6, 6.07) is 8.88. The summed E-state index contributed by atoms with van der Waals surface area (Å²) < 4.78 is 41.1. The van der Waals surface area contributed by atoms with E-state index >= 15 is 0 Å². The van der Waals surface area contributed by atoms with Crippen LogP contribution in [-0.4, -0.2) is 20.9 Å². The Bertz CT molecular complexity index is 941. The van der Waals surface area contributed by atoms with Crippen molar-refractivity contribution in [3.05, 3.63) is 53.3 Å². The summed E-state index contributed by atoms with van der Waals surface area (Å²) in [7, 11) is -3.83. The summed E-state index contributed by atoms with van der Waals surface area (Å²) in [5, 5.41) is 0. The van der Waals surface area contributed by atoms with Gasteiger partial charge in [-0.15, -0.1) is 0 Å². The number of halogens is 1. The average molecular weight is 362 g/mol. The van der Waals surface area contributed by atoms with Crippen LogP contribution in [-0.2, 0) is 21.2 Å². The van der Waals surface area contributed by atoms with Crippen molar-refractivity contribution >= 4 is 27.3 Å². The molecule has 0 unspecified atom stereocenters. The van der Waals surface area contributed by atoms with Crippen LogP contribution in [0.3, 0.4) is 0 Å². The molecule has 0 bridgehead atoms. The van der Waals surface area contributed by atoms with Gasteiger partial charge in [0.2, 0.25) is 5.91 Å². The molecule has 1 amide bonds. The zero-order valence-electron chi connectivity index (χ0n) is 14.0. The maximum Gasteiger partial charge on any atom is 0.261 e. The average Bonchev–Trinajstić information content (AvgIpc) is 3.00. The van der Waals surface area contributed by atoms with Gasteiger partial charge in [0.15, 0.2) is 0 Å². The minimum Gasteiger partial charge on any atom is -0.312 e. The number of carbonyl (C=O) groups is 1. The topological polar surface area (TPSA) is 66.5 Å². The van der Waals surface area contributed by atoms with Gasteiger partial charge in [-0.1, -0.05) is 13.0 Å². The lowest BCUT2D eigenvalue weighted by Crippen LogP contribution is -2.27. The van der Waals surface area contributed by atoms with Gasteiger partial charge in [-0.3, -0.25) is 9.52 Å². The fraction of sp³-hybridized carbons (Fsp3) is 0.278. The summed E-state index contributed by atoms with van der Waals surface area (Å²) in [6.07, 6.45) is 1.02. The molecule has 0 radical (unpaired) electrons. The first-order valence-corrected chi connectivity index (χ1v) is 9.52. The molecular weight excluding hydrogens is 343 g/mol. The molecule has 0 saturated heterocycles. The van der Waals surface area contributed by atoms with E-state index in [1.807, 2.05) is 0 Å². The highest BCUT2D eigenvalue weighted by Crippen LogP contribution is 2.31. The van der Waals surface area contributed by atoms with Crippen molar-refractivity contribution in [3.8, 4) is 0 Å². The Hall–Kier alpha value is -2.41. The number of hydrogen-bond donors (Lipinski definition) is 1. The maximum atomic E-state index is 13.6. The Balaban J connectivity index is 1.89. The molecule has 1 aliphatic heterocycles. The molecule has 2 aromatic rings. The van der Waals surface area contributed by atoms with Crippen LogP contribution in [0.2, 0.25) is 0 Å². The van der Waals surface area contributed by atoms with Crippen molar-refractivity contribution < 1.29 is 17.6 Å². The minimum absolute atomic E-state index is 0.0163. The van der Waals surface area contributed by atoms with E-state index in [1.54, 1.807) is 30.9 Å². The molecule has 0 spiro atoms. The molecule has 7 heteroatoms. The second-order valence-corrected chi connectivity index (χ2v) is 7.69. The van der Waals surface area contributed by atoms with Gasteiger partial charge in [-0.25, -0.2) is 12.8 Å². The molecule has 5 nitrogen and oxygen atoms in total. The second-order valence-electron chi connectivity index (χ2n) is 6.01. The number of anilines is 2. The van der Waals surface area contributed by atoms with Crippen LogP contribution in [0.4, 0.5) is 15.8 Å². The van der Waals surface area contributed by atoms with Crippen molar-refractivity contribution in [1.29, 1.82) is 0 Å². The molecule has 25 heavy (non-hydrogen) atoms. The zero-order valence-corrected chi connectivity index (χ0v) is 14.9. The van der Waals surface area contributed by atoms with Gasteiger partial charge >= 0.3 is 0 Å². The number of fused-ring (bicyclic) bond motifs is 1. The third kappa shape index (κ3) is 3.37. The van der Waals surface area contributed by atoms with Crippen molar-refractivity contribution in [2.24, 2.45) is 0 Å². The van der Waals surface area contributed by atoms with Crippen molar-refractivity contribution in [2.75, 3.05) is 16.2 Å². The van der Waals surface area contributed by atoms with Crippen LogP contribution in [0.15, 0.2) is 41.3 Å². The van der Waals surface area contributed by atoms with Crippen molar-refractivity contribution in [2.45, 2.75) is 31.6 Å². The predicted molar refractivity (Wildman–Crippen MR) is 94.7 cm³/mol. The molecule has 2 aromatic carbocycles. The van der Waals surface area contributed by atoms with Crippen LogP contribution in [0, 0.1) is 12.7 Å². The van der Waals surface area contributed by atoms with Gasteiger partial charge in [0.05, 0.1) is 10.6 Å². The van der Waals surface area contributed by atoms with E-state index in [1.165, 1.54) is 18.2 Å². The maximum absolute atomic E-state index is 13.6. The fourth-order valence-corrected chi connectivity index (χ4v) is 3.97. The summed E-state index contributed by atoms with van der Waals surface area (Å²) in [5.41, 5.74) is 2.19. The first-order valence-electron chi connectivity index (χ1n) is 8.04. The SMILES string of the molecule is CCC(=O)N1CCc2cc(S(=O)(=O)Nc3ccc(C)c(F)c3)ccc21. The lowest BCUT2D eigenvalue weighted by atomic mass is 10.2. The number of carbonyl (C=O) groups excluding carboxylic acids is 1. The van der Waals surface area contributed by atoms with E-state index in [9.17, 15) is 17.6 Å². The first-order chi connectivity index (χ1) is 11.8. The molecule has 0 saturated carbocycles. The number of nitrogens with one attached hydrogen (secondary N) is 1. The number of sulfonamides is 1. The Kier molecular flexibility index (Phi) is 4.51. The van der Waals surface area contributed by atoms with E-state index in [-0.39, 0.29) is 16.5 Å². The Morgan fingerprint density at radius 1 is 1.24 bits per heavy atom. The van der Waals surface area contributed by atoms with Gasteiger partial charge in [0, 0.05) is 18.7 Å². The molecule has 0 fully saturated rings. The van der Waals surface area contributed by atoms with Crippen LogP contribution < -0.4 is 9.62 Å². The van der Waals surface area contributed by atoms with E-state index in [4.69, 9.17) is 0 Å². The van der Waals surface area contributed by atoms with Gasteiger partial charge in [0.25, 0.3) is 10.0 Å². The molecule has 1 N–H and O–H groups in total. The van der Waals surface area contributed by atoms with Crippen LogP contribution in [0.5, 0.6) is 0 Å². The lowest BCUT2D eigenvalue weighted by Gasteiger charge is -2.16. The number of aryl methyl sites for hydroxylation is 1. The van der Waals surface area contributed by atoms with Crippen LogP contribution in [0.25, 0.3) is 0 Å². The highest BCUT2D eigenvalue weighted by molar-refractivity contribution is 7.92. The number of benzene rings is 2. The van der Waals surface area contributed by atoms with Crippen LogP contribution in [0.1, 0.15) is 24.5 Å². The molecular formula is C18H19FN2O3S. The molecule has 3 rings (SSSR count). The van der Waals surface area contributed by atoms with Crippen molar-refractivity contribution in [3.63, 3.8) is 0 Å². The monoisotopic (exact) mass is 362 g/mol. The smallest absolute Gasteiger partial charge is 0.261 e. The third-order valence-electron chi connectivity index (χ3n) is 4.28. The number of rotatable bonds is 4. The van der Waals surface area contributed by atoms with Crippen molar-refractivity contribution in [1.82, 2.24) is 0 Å². The Morgan fingerprint density at radius 2 is 2.00 bits per heavy atom. The van der Waals surface area contributed by atoms with Gasteiger partial charge in [0.1, 0.15) is 5.82 Å². The number of amides is 1. The largest absolute Gasteiger partial charge is 0.312 e. The quantitative estimate of drug-likeness (QED) is 0.908. The standard InChI is InChI=1S/C18H19FN2O3S/c1-3-18(22)21-9-8-13-10-15(6-7-17(13)21)25(23,24)20-14-5-4-12(2)16(19)11-14/h4-7,10-11,20H,3,8-9H2,1-2H3. The molecule has 1 aliphatic rings. The van der Waals surface area contributed by atoms with Gasteiger partial charge < -0.3 is 4.90 Å². The number of nitrogens with zero attached hydrogens (tertiary/aromatic N) is 1. The predicted octanol–water partition coefficient (Wildman–Crippen LogP) is 3.23. The summed E-state index contributed by atoms with van der Waals surface area (Å²) in [6.45, 7) is 3.96. The first kappa shape index (κ1) is 17.4. The number of hydrogen-bond acceptors (Lipinski definition) is 3. The molecule has 0 aliphatic carbocycles.